The van der Waals surface area contributed by atoms with Gasteiger partial charge in [0.25, 0.3) is 0 Å². The number of piperidine rings is 1. The molecule has 0 atom stereocenters. The largest absolute Gasteiger partial charge is 0.462 e. The number of hydrogen-bond acceptors (Lipinski definition) is 5. The number of aromatic nitrogens is 1. The predicted octanol–water partition coefficient (Wildman–Crippen LogP) is 2.28. The van der Waals surface area contributed by atoms with Crippen LogP contribution in [0, 0.1) is 19.8 Å². The molecule has 1 aliphatic heterocycles. The first-order valence-electron chi connectivity index (χ1n) is 10.8. The number of nitrogens with one attached hydrogen (secondary N) is 1. The van der Waals surface area contributed by atoms with Crippen molar-refractivity contribution >= 4 is 21.9 Å². The van der Waals surface area contributed by atoms with Gasteiger partial charge >= 0.3 is 5.97 Å². The highest BCUT2D eigenvalue weighted by Gasteiger charge is 2.38. The van der Waals surface area contributed by atoms with E-state index in [4.69, 9.17) is 4.74 Å². The van der Waals surface area contributed by atoms with Gasteiger partial charge in [-0.15, -0.1) is 0 Å². The molecule has 0 spiro atoms. The molecule has 0 unspecified atom stereocenters. The van der Waals surface area contributed by atoms with Gasteiger partial charge in [0.2, 0.25) is 15.9 Å². The zero-order chi connectivity index (χ0) is 22.1. The molecule has 2 fully saturated rings. The van der Waals surface area contributed by atoms with Crippen LogP contribution >= 0.6 is 0 Å². The quantitative estimate of drug-likeness (QED) is 0.686. The van der Waals surface area contributed by atoms with Crippen molar-refractivity contribution in [3.63, 3.8) is 0 Å². The van der Waals surface area contributed by atoms with E-state index in [1.165, 1.54) is 4.31 Å². The van der Waals surface area contributed by atoms with Crippen LogP contribution in [0.5, 0.6) is 0 Å². The number of esters is 1. The molecular weight excluding hydrogens is 406 g/mol. The summed E-state index contributed by atoms with van der Waals surface area (Å²) in [6, 6.07) is 0.265. The maximum absolute atomic E-state index is 13.5. The predicted molar refractivity (Wildman–Crippen MR) is 113 cm³/mol. The van der Waals surface area contributed by atoms with Crippen molar-refractivity contribution < 1.29 is 22.7 Å². The molecule has 1 saturated heterocycles. The Balaban J connectivity index is 1.76. The number of sulfonamides is 1. The van der Waals surface area contributed by atoms with Crippen LogP contribution in [-0.2, 0) is 26.6 Å². The van der Waals surface area contributed by atoms with Gasteiger partial charge in [-0.25, -0.2) is 13.2 Å². The molecule has 1 aromatic rings. The lowest BCUT2D eigenvalue weighted by Crippen LogP contribution is -2.45. The van der Waals surface area contributed by atoms with Crippen LogP contribution in [0.2, 0.25) is 0 Å². The first-order valence-corrected chi connectivity index (χ1v) is 12.3. The third kappa shape index (κ3) is 4.27. The van der Waals surface area contributed by atoms with Gasteiger partial charge in [0, 0.05) is 43.5 Å². The molecule has 2 heterocycles. The monoisotopic (exact) mass is 439 g/mol. The zero-order valence-corrected chi connectivity index (χ0v) is 19.2. The maximum Gasteiger partial charge on any atom is 0.341 e. The third-order valence-corrected chi connectivity index (χ3v) is 8.59. The van der Waals surface area contributed by atoms with Crippen molar-refractivity contribution in [2.75, 3.05) is 19.7 Å². The molecule has 1 aliphatic carbocycles. The van der Waals surface area contributed by atoms with Crippen LogP contribution in [0.1, 0.15) is 67.2 Å². The van der Waals surface area contributed by atoms with E-state index in [-0.39, 0.29) is 48.0 Å². The Bertz CT molecular complexity index is 908. The van der Waals surface area contributed by atoms with E-state index >= 15 is 0 Å². The fourth-order valence-corrected chi connectivity index (χ4v) is 6.50. The summed E-state index contributed by atoms with van der Waals surface area (Å²) < 4.78 is 35.2. The lowest BCUT2D eigenvalue weighted by Gasteiger charge is -2.31. The summed E-state index contributed by atoms with van der Waals surface area (Å²) in [4.78, 5) is 25.1. The molecule has 168 valence electrons. The Kier molecular flexibility index (Phi) is 6.91. The van der Waals surface area contributed by atoms with Crippen molar-refractivity contribution in [3.8, 4) is 0 Å². The maximum atomic E-state index is 13.5. The summed E-state index contributed by atoms with van der Waals surface area (Å²) in [5, 5.41) is 3.12. The molecule has 0 radical (unpaired) electrons. The smallest absolute Gasteiger partial charge is 0.341 e. The topological polar surface area (TPSA) is 97.7 Å². The fourth-order valence-electron chi connectivity index (χ4n) is 4.55. The van der Waals surface area contributed by atoms with E-state index < -0.39 is 16.0 Å². The van der Waals surface area contributed by atoms with E-state index in [1.54, 1.807) is 32.4 Å². The summed E-state index contributed by atoms with van der Waals surface area (Å²) in [5.74, 6) is -0.749. The summed E-state index contributed by atoms with van der Waals surface area (Å²) in [5.41, 5.74) is 1.19. The summed E-state index contributed by atoms with van der Waals surface area (Å²) >= 11 is 0. The highest BCUT2D eigenvalue weighted by molar-refractivity contribution is 7.89. The van der Waals surface area contributed by atoms with Gasteiger partial charge in [0.05, 0.1) is 6.61 Å². The minimum atomic E-state index is -3.88. The Morgan fingerprint density at radius 3 is 2.23 bits per heavy atom. The van der Waals surface area contributed by atoms with Crippen molar-refractivity contribution in [1.29, 1.82) is 0 Å². The van der Waals surface area contributed by atoms with Gasteiger partial charge < -0.3 is 14.6 Å². The van der Waals surface area contributed by atoms with Gasteiger partial charge in [0.15, 0.2) is 0 Å². The van der Waals surface area contributed by atoms with E-state index in [1.807, 2.05) is 0 Å². The second-order valence-electron chi connectivity index (χ2n) is 8.32. The SMILES string of the molecule is CCOC(=O)c1c(S(=O)(=O)N2CCC(C(=O)NC3CCCC3)CC2)c(C)n(C)c1C. The highest BCUT2D eigenvalue weighted by atomic mass is 32.2. The standard InChI is InChI=1S/C21H33N3O5S/c1-5-29-21(26)18-14(2)23(4)15(3)19(18)30(27,28)24-12-10-16(11-13-24)20(25)22-17-8-6-7-9-17/h16-17H,5-13H2,1-4H3,(H,22,25). The van der Waals surface area contributed by atoms with E-state index in [9.17, 15) is 18.0 Å². The van der Waals surface area contributed by atoms with E-state index in [0.717, 1.165) is 25.7 Å². The summed E-state index contributed by atoms with van der Waals surface area (Å²) in [6.07, 6.45) is 5.33. The first kappa shape index (κ1) is 22.8. The second-order valence-corrected chi connectivity index (χ2v) is 10.2. The van der Waals surface area contributed by atoms with Crippen molar-refractivity contribution in [2.24, 2.45) is 13.0 Å². The summed E-state index contributed by atoms with van der Waals surface area (Å²) in [7, 11) is -2.14. The normalized spacial score (nSPS) is 19.2. The van der Waals surface area contributed by atoms with E-state index in [2.05, 4.69) is 5.32 Å². The van der Waals surface area contributed by atoms with Crippen LogP contribution in [0.4, 0.5) is 0 Å². The lowest BCUT2D eigenvalue weighted by molar-refractivity contribution is -0.126. The number of ether oxygens (including phenoxy) is 1. The first-order chi connectivity index (χ1) is 14.2. The molecule has 9 heteroatoms. The number of carbonyl (C=O) groups excluding carboxylic acids is 2. The number of rotatable bonds is 6. The van der Waals surface area contributed by atoms with Crippen molar-refractivity contribution in [2.45, 2.75) is 70.2 Å². The molecular formula is C21H33N3O5S. The molecule has 0 bridgehead atoms. The zero-order valence-electron chi connectivity index (χ0n) is 18.4. The van der Waals surface area contributed by atoms with Crippen molar-refractivity contribution in [3.05, 3.63) is 17.0 Å². The third-order valence-electron chi connectivity index (χ3n) is 6.53. The van der Waals surface area contributed by atoms with Crippen LogP contribution in [0.15, 0.2) is 4.90 Å². The second kappa shape index (κ2) is 9.09. The molecule has 1 saturated carbocycles. The minimum absolute atomic E-state index is 0.0230. The number of nitrogens with zero attached hydrogens (tertiary/aromatic N) is 2. The van der Waals surface area contributed by atoms with Crippen LogP contribution in [0.3, 0.4) is 0 Å². The molecule has 30 heavy (non-hydrogen) atoms. The molecule has 1 N–H and O–H groups in total. The van der Waals surface area contributed by atoms with Gasteiger partial charge in [-0.3, -0.25) is 4.79 Å². The Morgan fingerprint density at radius 1 is 1.07 bits per heavy atom. The summed E-state index contributed by atoms with van der Waals surface area (Å²) in [6.45, 7) is 5.82. The minimum Gasteiger partial charge on any atom is -0.462 e. The van der Waals surface area contributed by atoms with Gasteiger partial charge in [-0.05, 0) is 46.5 Å². The fraction of sp³-hybridized carbons (Fsp3) is 0.714. The number of amides is 1. The Morgan fingerprint density at radius 2 is 1.67 bits per heavy atom. The van der Waals surface area contributed by atoms with E-state index in [0.29, 0.717) is 24.2 Å². The molecule has 2 aliphatic rings. The molecule has 3 rings (SSSR count). The van der Waals surface area contributed by atoms with Gasteiger partial charge in [-0.2, -0.15) is 4.31 Å². The molecule has 1 aromatic heterocycles. The van der Waals surface area contributed by atoms with Gasteiger partial charge in [-0.1, -0.05) is 12.8 Å². The van der Waals surface area contributed by atoms with Crippen LogP contribution in [-0.4, -0.2) is 54.9 Å². The molecule has 0 aromatic carbocycles. The Labute approximate surface area is 179 Å². The Hall–Kier alpha value is -1.87. The average Bonchev–Trinajstić information content (AvgIpc) is 3.30. The van der Waals surface area contributed by atoms with Crippen LogP contribution < -0.4 is 5.32 Å². The van der Waals surface area contributed by atoms with Crippen LogP contribution in [0.25, 0.3) is 0 Å². The highest BCUT2D eigenvalue weighted by Crippen LogP contribution is 2.32. The number of carbonyl (C=O) groups is 2. The lowest BCUT2D eigenvalue weighted by atomic mass is 9.97. The molecule has 1 amide bonds. The average molecular weight is 440 g/mol. The van der Waals surface area contributed by atoms with Crippen molar-refractivity contribution in [1.82, 2.24) is 14.2 Å². The molecule has 8 nitrogen and oxygen atoms in total. The number of hydrogen-bond donors (Lipinski definition) is 1. The van der Waals surface area contributed by atoms with Gasteiger partial charge in [0.1, 0.15) is 10.5 Å².